The van der Waals surface area contributed by atoms with Gasteiger partial charge in [0.15, 0.2) is 5.78 Å². The molecule has 1 aliphatic rings. The molecular weight excluding hydrogens is 142 g/mol. The number of carbonyl (C=O) groups excluding carboxylic acids is 1. The number of ketones is 1. The highest BCUT2D eigenvalue weighted by Crippen LogP contribution is 2.15. The lowest BCUT2D eigenvalue weighted by atomic mass is 9.99. The molecule has 3 heteroatoms. The van der Waals surface area contributed by atoms with Gasteiger partial charge in [0.2, 0.25) is 0 Å². The van der Waals surface area contributed by atoms with Gasteiger partial charge in [0.05, 0.1) is 6.26 Å². The Kier molecular flexibility index (Phi) is 2.29. The number of nitrogens with zero attached hydrogens (tertiary/aromatic N) is 1. The Balaban J connectivity index is 2.70. The lowest BCUT2D eigenvalue weighted by Crippen LogP contribution is -2.39. The van der Waals surface area contributed by atoms with E-state index in [0.29, 0.717) is 24.6 Å². The second-order valence-electron chi connectivity index (χ2n) is 3.05. The first kappa shape index (κ1) is 8.27. The molecule has 1 aliphatic heterocycles. The molecule has 62 valence electrons. The molecule has 1 saturated heterocycles. The first-order valence-corrected chi connectivity index (χ1v) is 3.72. The summed E-state index contributed by atoms with van der Waals surface area (Å²) in [6.07, 6.45) is 1.44. The van der Waals surface area contributed by atoms with Gasteiger partial charge in [-0.05, 0) is 14.0 Å². The number of likely N-dealkylation sites (N-methyl/N-ethyl adjacent to an activating group) is 1. The molecule has 1 fully saturated rings. The maximum atomic E-state index is 11.1. The predicted octanol–water partition coefficient (Wildman–Crippen LogP) is 0.721. The first-order chi connectivity index (χ1) is 5.15. The Labute approximate surface area is 66.3 Å². The van der Waals surface area contributed by atoms with Crippen molar-refractivity contribution in [3.8, 4) is 0 Å². The Morgan fingerprint density at radius 3 is 2.91 bits per heavy atom. The van der Waals surface area contributed by atoms with Crippen molar-refractivity contribution in [3.63, 3.8) is 0 Å². The van der Waals surface area contributed by atoms with Gasteiger partial charge in [0, 0.05) is 24.6 Å². The Bertz CT molecular complexity index is 198. The fourth-order valence-corrected chi connectivity index (χ4v) is 1.18. The molecule has 1 rings (SSSR count). The maximum Gasteiger partial charge on any atom is 0.164 e. The van der Waals surface area contributed by atoms with Gasteiger partial charge < -0.3 is 5.11 Å². The van der Waals surface area contributed by atoms with E-state index >= 15 is 0 Å². The molecule has 1 N–H and O–H groups in total. The van der Waals surface area contributed by atoms with Gasteiger partial charge in [-0.1, -0.05) is 0 Å². The summed E-state index contributed by atoms with van der Waals surface area (Å²) in [7, 11) is 1.95. The molecule has 0 radical (unpaired) electrons. The van der Waals surface area contributed by atoms with Gasteiger partial charge in [-0.3, -0.25) is 9.69 Å². The molecule has 0 saturated carbocycles. The lowest BCUT2D eigenvalue weighted by Gasteiger charge is -2.29. The summed E-state index contributed by atoms with van der Waals surface area (Å²) in [5.74, 6) is 0.0677. The molecule has 0 aliphatic carbocycles. The second-order valence-corrected chi connectivity index (χ2v) is 3.05. The van der Waals surface area contributed by atoms with Crippen LogP contribution >= 0.6 is 0 Å². The summed E-state index contributed by atoms with van der Waals surface area (Å²) in [5.41, 5.74) is 0.519. The van der Waals surface area contributed by atoms with Crippen LogP contribution in [-0.2, 0) is 4.79 Å². The van der Waals surface area contributed by atoms with Gasteiger partial charge in [-0.15, -0.1) is 0 Å². The highest BCUT2D eigenvalue weighted by molar-refractivity contribution is 5.96. The average molecular weight is 155 g/mol. The van der Waals surface area contributed by atoms with E-state index in [1.807, 2.05) is 18.9 Å². The molecule has 1 atom stereocenters. The van der Waals surface area contributed by atoms with Crippen LogP contribution in [0.2, 0.25) is 0 Å². The van der Waals surface area contributed by atoms with Crippen molar-refractivity contribution < 1.29 is 9.90 Å². The third-order valence-corrected chi connectivity index (χ3v) is 2.17. The molecule has 0 unspecified atom stereocenters. The molecule has 0 aromatic rings. The molecule has 11 heavy (non-hydrogen) atoms. The number of aliphatic hydroxyl groups is 1. The SMILES string of the molecule is C[C@@H]1CC(=O)/C(=C/O)CN1C. The Morgan fingerprint density at radius 1 is 1.73 bits per heavy atom. The number of piperidine rings is 1. The van der Waals surface area contributed by atoms with E-state index in [-0.39, 0.29) is 5.78 Å². The highest BCUT2D eigenvalue weighted by atomic mass is 16.2. The fourth-order valence-electron chi connectivity index (χ4n) is 1.18. The zero-order valence-corrected chi connectivity index (χ0v) is 6.87. The van der Waals surface area contributed by atoms with Crippen LogP contribution in [0.15, 0.2) is 11.8 Å². The summed E-state index contributed by atoms with van der Waals surface area (Å²) >= 11 is 0. The number of aliphatic hydroxyl groups excluding tert-OH is 1. The molecule has 0 amide bonds. The molecule has 0 aromatic carbocycles. The van der Waals surface area contributed by atoms with Gasteiger partial charge in [-0.2, -0.15) is 0 Å². The van der Waals surface area contributed by atoms with Crippen LogP contribution in [0.25, 0.3) is 0 Å². The third-order valence-electron chi connectivity index (χ3n) is 2.17. The van der Waals surface area contributed by atoms with Crippen LogP contribution in [0.1, 0.15) is 13.3 Å². The summed E-state index contributed by atoms with van der Waals surface area (Å²) in [5, 5.41) is 8.66. The minimum absolute atomic E-state index is 0.0677. The molecule has 1 heterocycles. The summed E-state index contributed by atoms with van der Waals surface area (Å²) in [6.45, 7) is 2.57. The zero-order valence-electron chi connectivity index (χ0n) is 6.87. The number of Topliss-reactive ketones (excluding diaryl/α,β-unsaturated/α-hetero) is 1. The summed E-state index contributed by atoms with van der Waals surface area (Å²) < 4.78 is 0. The van der Waals surface area contributed by atoms with Crippen molar-refractivity contribution in [3.05, 3.63) is 11.8 Å². The highest BCUT2D eigenvalue weighted by Gasteiger charge is 2.24. The number of likely N-dealkylation sites (tertiary alicyclic amines) is 1. The fraction of sp³-hybridized carbons (Fsp3) is 0.625. The van der Waals surface area contributed by atoms with E-state index in [0.717, 1.165) is 6.26 Å². The topological polar surface area (TPSA) is 40.5 Å². The van der Waals surface area contributed by atoms with Crippen LogP contribution in [0, 0.1) is 0 Å². The van der Waals surface area contributed by atoms with E-state index in [9.17, 15) is 4.79 Å². The molecule has 3 nitrogen and oxygen atoms in total. The van der Waals surface area contributed by atoms with E-state index in [2.05, 4.69) is 0 Å². The quantitative estimate of drug-likeness (QED) is 0.414. The van der Waals surface area contributed by atoms with Crippen molar-refractivity contribution >= 4 is 5.78 Å². The smallest absolute Gasteiger partial charge is 0.164 e. The van der Waals surface area contributed by atoms with Crippen LogP contribution in [0.5, 0.6) is 0 Å². The Hall–Kier alpha value is -0.830. The van der Waals surface area contributed by atoms with Crippen LogP contribution < -0.4 is 0 Å². The van der Waals surface area contributed by atoms with Crippen molar-refractivity contribution in [2.24, 2.45) is 0 Å². The van der Waals surface area contributed by atoms with Crippen molar-refractivity contribution in [2.75, 3.05) is 13.6 Å². The van der Waals surface area contributed by atoms with E-state index in [1.54, 1.807) is 0 Å². The number of carbonyl (C=O) groups is 1. The number of hydrogen-bond donors (Lipinski definition) is 1. The zero-order chi connectivity index (χ0) is 8.43. The van der Waals surface area contributed by atoms with Gasteiger partial charge >= 0.3 is 0 Å². The van der Waals surface area contributed by atoms with Gasteiger partial charge in [0.1, 0.15) is 0 Å². The van der Waals surface area contributed by atoms with Crippen LogP contribution in [-0.4, -0.2) is 35.4 Å². The minimum atomic E-state index is 0.0677. The van der Waals surface area contributed by atoms with Crippen LogP contribution in [0.4, 0.5) is 0 Å². The van der Waals surface area contributed by atoms with Gasteiger partial charge in [0.25, 0.3) is 0 Å². The largest absolute Gasteiger partial charge is 0.515 e. The second kappa shape index (κ2) is 3.05. The molecule has 0 aromatic heterocycles. The molecule has 0 bridgehead atoms. The monoisotopic (exact) mass is 155 g/mol. The van der Waals surface area contributed by atoms with E-state index < -0.39 is 0 Å². The van der Waals surface area contributed by atoms with Crippen molar-refractivity contribution in [2.45, 2.75) is 19.4 Å². The average Bonchev–Trinajstić information content (AvgIpc) is 1.97. The number of rotatable bonds is 0. The van der Waals surface area contributed by atoms with E-state index in [4.69, 9.17) is 5.11 Å². The Morgan fingerprint density at radius 2 is 2.36 bits per heavy atom. The van der Waals surface area contributed by atoms with E-state index in [1.165, 1.54) is 0 Å². The maximum absolute atomic E-state index is 11.1. The summed E-state index contributed by atoms with van der Waals surface area (Å²) in [4.78, 5) is 13.2. The normalized spacial score (nSPS) is 31.3. The van der Waals surface area contributed by atoms with Crippen molar-refractivity contribution in [1.82, 2.24) is 4.90 Å². The molecule has 0 spiro atoms. The standard InChI is InChI=1S/C8H13NO2/c1-6-3-8(11)7(5-10)4-9(6)2/h5-6,10H,3-4H2,1-2H3/b7-5+/t6-/m1/s1. The van der Waals surface area contributed by atoms with Crippen molar-refractivity contribution in [1.29, 1.82) is 0 Å². The number of hydrogen-bond acceptors (Lipinski definition) is 3. The summed E-state index contributed by atoms with van der Waals surface area (Å²) in [6, 6.07) is 0.297. The minimum Gasteiger partial charge on any atom is -0.515 e. The first-order valence-electron chi connectivity index (χ1n) is 3.72. The predicted molar refractivity (Wildman–Crippen MR) is 42.4 cm³/mol. The van der Waals surface area contributed by atoms with Gasteiger partial charge in [-0.25, -0.2) is 0 Å². The molecular formula is C8H13NO2. The third kappa shape index (κ3) is 1.60. The lowest BCUT2D eigenvalue weighted by molar-refractivity contribution is -0.118. The van der Waals surface area contributed by atoms with Crippen LogP contribution in [0.3, 0.4) is 0 Å².